The molecule has 1 rings (SSSR count). The van der Waals surface area contributed by atoms with Gasteiger partial charge in [-0.15, -0.1) is 0 Å². The lowest BCUT2D eigenvalue weighted by molar-refractivity contribution is -0.154. The fourth-order valence-electron chi connectivity index (χ4n) is 1.04. The number of halogens is 3. The van der Waals surface area contributed by atoms with Gasteiger partial charge in [0.15, 0.2) is 24.7 Å². The van der Waals surface area contributed by atoms with Crippen LogP contribution in [0, 0.1) is 0 Å². The number of alkyl halides is 3. The molecule has 0 radical (unpaired) electrons. The first-order valence-corrected chi connectivity index (χ1v) is 8.11. The summed E-state index contributed by atoms with van der Waals surface area (Å²) in [5.41, 5.74) is 0. The predicted molar refractivity (Wildman–Crippen MR) is 94.6 cm³/mol. The standard InChI is InChI=1S/C11H11F3O4.C3H6O.2C2H6/c1-16-10(15)6-17-8-4-2-3-5-9(8)18-7-11(12,13)14;1-3(2)4;2*1-2/h2-5H,6-7H2,1H3;1-2H3;2*1-2H3. The number of Topliss-reactive ketones (excluding diaryl/α,β-unsaturated/α-hetero) is 1. The summed E-state index contributed by atoms with van der Waals surface area (Å²) in [5.74, 6) is -0.508. The Bertz CT molecular complexity index is 484. The van der Waals surface area contributed by atoms with Crippen molar-refractivity contribution < 1.29 is 37.0 Å². The molecule has 0 aromatic heterocycles. The van der Waals surface area contributed by atoms with Crippen molar-refractivity contribution in [2.24, 2.45) is 0 Å². The van der Waals surface area contributed by atoms with Crippen LogP contribution in [0.3, 0.4) is 0 Å². The van der Waals surface area contributed by atoms with Gasteiger partial charge in [0.05, 0.1) is 7.11 Å². The number of hydrogen-bond donors (Lipinski definition) is 0. The quantitative estimate of drug-likeness (QED) is 0.683. The summed E-state index contributed by atoms with van der Waals surface area (Å²) in [7, 11) is 1.18. The van der Waals surface area contributed by atoms with E-state index in [1.54, 1.807) is 6.07 Å². The van der Waals surface area contributed by atoms with Crippen LogP contribution >= 0.6 is 0 Å². The molecule has 1 aromatic rings. The number of benzene rings is 1. The average Bonchev–Trinajstić information content (AvgIpc) is 2.61. The normalized spacial score (nSPS) is 9.00. The number of carbonyl (C=O) groups excluding carboxylic acids is 2. The number of methoxy groups -OCH3 is 1. The number of ether oxygens (including phenoxy) is 3. The van der Waals surface area contributed by atoms with Crippen molar-refractivity contribution in [3.8, 4) is 11.5 Å². The van der Waals surface area contributed by atoms with Crippen molar-refractivity contribution in [2.45, 2.75) is 47.7 Å². The molecule has 152 valence electrons. The molecule has 0 N–H and O–H groups in total. The second kappa shape index (κ2) is 17.6. The lowest BCUT2D eigenvalue weighted by Gasteiger charge is -2.13. The molecule has 0 aliphatic carbocycles. The van der Waals surface area contributed by atoms with E-state index in [4.69, 9.17) is 4.74 Å². The molecular formula is C18H29F3O5. The molecule has 0 saturated heterocycles. The second-order valence-corrected chi connectivity index (χ2v) is 4.12. The van der Waals surface area contributed by atoms with Crippen molar-refractivity contribution in [3.63, 3.8) is 0 Å². The molecule has 5 nitrogen and oxygen atoms in total. The molecule has 0 aliphatic heterocycles. The minimum Gasteiger partial charge on any atom is -0.480 e. The Morgan fingerprint density at radius 2 is 1.31 bits per heavy atom. The third kappa shape index (κ3) is 19.8. The number of hydrogen-bond acceptors (Lipinski definition) is 5. The lowest BCUT2D eigenvalue weighted by Crippen LogP contribution is -2.20. The molecular weight excluding hydrogens is 353 g/mol. The number of esters is 1. The highest BCUT2D eigenvalue weighted by molar-refractivity contribution is 5.72. The largest absolute Gasteiger partial charge is 0.480 e. The van der Waals surface area contributed by atoms with E-state index in [-0.39, 0.29) is 17.3 Å². The maximum absolute atomic E-state index is 12.0. The van der Waals surface area contributed by atoms with Crippen molar-refractivity contribution in [1.29, 1.82) is 0 Å². The van der Waals surface area contributed by atoms with Crippen molar-refractivity contribution in [3.05, 3.63) is 24.3 Å². The Balaban J connectivity index is -0.000000568. The Labute approximate surface area is 153 Å². The van der Waals surface area contributed by atoms with E-state index < -0.39 is 25.4 Å². The van der Waals surface area contributed by atoms with Crippen molar-refractivity contribution in [2.75, 3.05) is 20.3 Å². The Morgan fingerprint density at radius 3 is 1.65 bits per heavy atom. The summed E-state index contributed by atoms with van der Waals surface area (Å²) in [6.45, 7) is 9.23. The minimum atomic E-state index is -4.44. The van der Waals surface area contributed by atoms with Gasteiger partial charge < -0.3 is 19.0 Å². The molecule has 8 heteroatoms. The summed E-state index contributed by atoms with van der Waals surface area (Å²) in [4.78, 5) is 20.3. The Kier molecular flexibility index (Phi) is 19.3. The maximum Gasteiger partial charge on any atom is 0.422 e. The molecule has 0 amide bonds. The summed E-state index contributed by atoms with van der Waals surface area (Å²) >= 11 is 0. The highest BCUT2D eigenvalue weighted by atomic mass is 19.4. The first-order valence-electron chi connectivity index (χ1n) is 8.11. The zero-order valence-electron chi connectivity index (χ0n) is 16.4. The molecule has 0 heterocycles. The summed E-state index contributed by atoms with van der Waals surface area (Å²) in [5, 5.41) is 0. The smallest absolute Gasteiger partial charge is 0.422 e. The average molecular weight is 382 g/mol. The highest BCUT2D eigenvalue weighted by Gasteiger charge is 2.29. The summed E-state index contributed by atoms with van der Waals surface area (Å²) in [6.07, 6.45) is -4.44. The predicted octanol–water partition coefficient (Wildman–Crippen LogP) is 4.83. The first-order chi connectivity index (χ1) is 12.2. The zero-order chi connectivity index (χ0) is 21.2. The summed E-state index contributed by atoms with van der Waals surface area (Å²) in [6, 6.07) is 5.76. The molecule has 0 unspecified atom stereocenters. The second-order valence-electron chi connectivity index (χ2n) is 4.12. The van der Waals surface area contributed by atoms with Crippen LogP contribution in [0.4, 0.5) is 13.2 Å². The molecule has 0 aliphatic rings. The molecule has 26 heavy (non-hydrogen) atoms. The van der Waals surface area contributed by atoms with E-state index in [1.165, 1.54) is 39.2 Å². The van der Waals surface area contributed by atoms with Crippen molar-refractivity contribution >= 4 is 11.8 Å². The minimum absolute atomic E-state index is 0.0483. The van der Waals surface area contributed by atoms with E-state index in [0.717, 1.165) is 0 Å². The zero-order valence-corrected chi connectivity index (χ0v) is 16.4. The first kappa shape index (κ1) is 28.5. The van der Waals surface area contributed by atoms with Gasteiger partial charge in [0.2, 0.25) is 0 Å². The third-order valence-electron chi connectivity index (χ3n) is 1.81. The van der Waals surface area contributed by atoms with E-state index >= 15 is 0 Å². The van der Waals surface area contributed by atoms with Gasteiger partial charge in [0.25, 0.3) is 0 Å². The molecule has 0 spiro atoms. The van der Waals surface area contributed by atoms with Crippen LogP contribution in [-0.4, -0.2) is 38.3 Å². The van der Waals surface area contributed by atoms with Crippen LogP contribution in [0.2, 0.25) is 0 Å². The van der Waals surface area contributed by atoms with Crippen LogP contribution in [0.25, 0.3) is 0 Å². The molecule has 0 fully saturated rings. The third-order valence-corrected chi connectivity index (χ3v) is 1.81. The maximum atomic E-state index is 12.0. The number of carbonyl (C=O) groups is 2. The SMILES string of the molecule is CC.CC.CC(C)=O.COC(=O)COc1ccccc1OCC(F)(F)F. The van der Waals surface area contributed by atoms with Crippen molar-refractivity contribution in [1.82, 2.24) is 0 Å². The van der Waals surface area contributed by atoms with Gasteiger partial charge in [-0.3, -0.25) is 0 Å². The van der Waals surface area contributed by atoms with Gasteiger partial charge >= 0.3 is 12.1 Å². The van der Waals surface area contributed by atoms with Gasteiger partial charge in [-0.05, 0) is 26.0 Å². The fourth-order valence-corrected chi connectivity index (χ4v) is 1.04. The van der Waals surface area contributed by atoms with E-state index in [1.807, 2.05) is 27.7 Å². The van der Waals surface area contributed by atoms with E-state index in [9.17, 15) is 22.8 Å². The van der Waals surface area contributed by atoms with Crippen LogP contribution in [0.1, 0.15) is 41.5 Å². The molecule has 0 saturated carbocycles. The number of para-hydroxylation sites is 2. The highest BCUT2D eigenvalue weighted by Crippen LogP contribution is 2.28. The molecule has 1 aromatic carbocycles. The van der Waals surface area contributed by atoms with E-state index in [2.05, 4.69) is 9.47 Å². The molecule has 0 atom stereocenters. The molecule has 0 bridgehead atoms. The fraction of sp³-hybridized carbons (Fsp3) is 0.556. The Morgan fingerprint density at radius 1 is 0.923 bits per heavy atom. The van der Waals surface area contributed by atoms with Crippen LogP contribution in [0.5, 0.6) is 11.5 Å². The van der Waals surface area contributed by atoms with Gasteiger partial charge in [0.1, 0.15) is 5.78 Å². The van der Waals surface area contributed by atoms with Gasteiger partial charge in [-0.25, -0.2) is 4.79 Å². The number of rotatable bonds is 5. The summed E-state index contributed by atoms with van der Waals surface area (Å²) < 4.78 is 49.9. The Hall–Kier alpha value is -2.25. The van der Waals surface area contributed by atoms with E-state index in [0.29, 0.717) is 0 Å². The topological polar surface area (TPSA) is 61.8 Å². The van der Waals surface area contributed by atoms with Gasteiger partial charge in [-0.2, -0.15) is 13.2 Å². The van der Waals surface area contributed by atoms with Crippen LogP contribution in [-0.2, 0) is 14.3 Å². The monoisotopic (exact) mass is 382 g/mol. The van der Waals surface area contributed by atoms with Crippen LogP contribution < -0.4 is 9.47 Å². The van der Waals surface area contributed by atoms with Gasteiger partial charge in [-0.1, -0.05) is 39.8 Å². The van der Waals surface area contributed by atoms with Crippen LogP contribution in [0.15, 0.2) is 24.3 Å². The van der Waals surface area contributed by atoms with Gasteiger partial charge in [0, 0.05) is 0 Å². The number of ketones is 1. The lowest BCUT2D eigenvalue weighted by atomic mass is 10.3.